The van der Waals surface area contributed by atoms with Gasteiger partial charge in [0.1, 0.15) is 5.52 Å². The molecular weight excluding hydrogens is 266 g/mol. The Hall–Kier alpha value is -2.69. The third kappa shape index (κ3) is 2.50. The van der Waals surface area contributed by atoms with Gasteiger partial charge in [0, 0.05) is 18.0 Å². The lowest BCUT2D eigenvalue weighted by Gasteiger charge is -2.06. The molecule has 0 saturated carbocycles. The fourth-order valence-corrected chi connectivity index (χ4v) is 2.26. The van der Waals surface area contributed by atoms with Crippen LogP contribution < -0.4 is 5.56 Å². The van der Waals surface area contributed by atoms with E-state index in [1.54, 1.807) is 30.6 Å². The Kier molecular flexibility index (Phi) is 3.17. The molecule has 0 radical (unpaired) electrons. The maximum absolute atomic E-state index is 12.3. The van der Waals surface area contributed by atoms with Crippen molar-refractivity contribution in [3.63, 3.8) is 0 Å². The lowest BCUT2D eigenvalue weighted by molar-refractivity contribution is 0.0971. The number of nitrogens with zero attached hydrogens (tertiary/aromatic N) is 3. The molecule has 0 N–H and O–H groups in total. The predicted octanol–water partition coefficient (Wildman–Crippen LogP) is 2.00. The number of aryl methyl sites for hydroxylation is 2. The van der Waals surface area contributed by atoms with Crippen LogP contribution in [0.2, 0.25) is 0 Å². The fourth-order valence-electron chi connectivity index (χ4n) is 2.26. The van der Waals surface area contributed by atoms with Gasteiger partial charge in [-0.2, -0.15) is 5.10 Å². The summed E-state index contributed by atoms with van der Waals surface area (Å²) in [6.45, 7) is 3.82. The summed E-state index contributed by atoms with van der Waals surface area (Å²) in [5.41, 5.74) is 2.75. The molecule has 0 spiro atoms. The zero-order chi connectivity index (χ0) is 15.0. The second-order valence-electron chi connectivity index (χ2n) is 5.14. The van der Waals surface area contributed by atoms with Crippen molar-refractivity contribution in [2.45, 2.75) is 20.4 Å². The highest BCUT2D eigenvalue weighted by molar-refractivity contribution is 5.95. The normalized spacial score (nSPS) is 11.0. The van der Waals surface area contributed by atoms with E-state index in [2.05, 4.69) is 5.10 Å². The third-order valence-electron chi connectivity index (χ3n) is 3.41. The first-order chi connectivity index (χ1) is 10.0. The molecule has 3 aromatic rings. The van der Waals surface area contributed by atoms with Gasteiger partial charge in [-0.15, -0.1) is 0 Å². The van der Waals surface area contributed by atoms with Crippen molar-refractivity contribution in [1.29, 1.82) is 0 Å². The molecule has 21 heavy (non-hydrogen) atoms. The summed E-state index contributed by atoms with van der Waals surface area (Å²) in [5, 5.41) is 4.18. The van der Waals surface area contributed by atoms with Crippen molar-refractivity contribution in [2.24, 2.45) is 0 Å². The van der Waals surface area contributed by atoms with Gasteiger partial charge in [-0.05, 0) is 19.9 Å². The average molecular weight is 281 g/mol. The van der Waals surface area contributed by atoms with Crippen LogP contribution in [-0.4, -0.2) is 20.0 Å². The number of rotatable bonds is 3. The topological polar surface area (TPSA) is 56.4 Å². The molecule has 0 aliphatic heterocycles. The van der Waals surface area contributed by atoms with Crippen LogP contribution in [0.15, 0.2) is 47.5 Å². The van der Waals surface area contributed by atoms with Gasteiger partial charge in [0.2, 0.25) is 0 Å². The van der Waals surface area contributed by atoms with Crippen LogP contribution in [0, 0.1) is 13.8 Å². The van der Waals surface area contributed by atoms with Crippen LogP contribution in [0.25, 0.3) is 5.52 Å². The first-order valence-electron chi connectivity index (χ1n) is 6.70. The molecule has 0 saturated heterocycles. The molecule has 2 heterocycles. The number of carbonyl (C=O) groups is 1. The Labute approximate surface area is 121 Å². The van der Waals surface area contributed by atoms with E-state index < -0.39 is 0 Å². The monoisotopic (exact) mass is 281 g/mol. The van der Waals surface area contributed by atoms with E-state index in [-0.39, 0.29) is 17.9 Å². The van der Waals surface area contributed by atoms with Crippen LogP contribution >= 0.6 is 0 Å². The molecule has 5 nitrogen and oxygen atoms in total. The van der Waals surface area contributed by atoms with Crippen LogP contribution in [0.3, 0.4) is 0 Å². The molecular formula is C16H15N3O2. The van der Waals surface area contributed by atoms with Gasteiger partial charge in [-0.1, -0.05) is 29.8 Å². The Morgan fingerprint density at radius 3 is 2.57 bits per heavy atom. The van der Waals surface area contributed by atoms with Crippen LogP contribution in [-0.2, 0) is 6.54 Å². The smallest absolute Gasteiger partial charge is 0.276 e. The van der Waals surface area contributed by atoms with Crippen molar-refractivity contribution >= 4 is 11.3 Å². The van der Waals surface area contributed by atoms with E-state index in [0.717, 1.165) is 11.3 Å². The number of ketones is 1. The predicted molar refractivity (Wildman–Crippen MR) is 79.7 cm³/mol. The van der Waals surface area contributed by atoms with E-state index in [0.29, 0.717) is 11.1 Å². The maximum Gasteiger partial charge on any atom is 0.276 e. The molecule has 0 amide bonds. The molecule has 0 aliphatic rings. The molecule has 106 valence electrons. The number of hydrogen-bond acceptors (Lipinski definition) is 3. The fraction of sp³-hybridized carbons (Fsp3) is 0.188. The first kappa shape index (κ1) is 13.3. The lowest BCUT2D eigenvalue weighted by atomic mass is 10.1. The SMILES string of the molecule is Cc1ccc(C(=O)Cn2ccn3nc(C)cc3c2=O)cc1. The maximum atomic E-state index is 12.3. The van der Waals surface area contributed by atoms with Gasteiger partial charge in [-0.25, -0.2) is 4.52 Å². The minimum absolute atomic E-state index is 0.0304. The van der Waals surface area contributed by atoms with E-state index in [9.17, 15) is 9.59 Å². The van der Waals surface area contributed by atoms with Gasteiger partial charge < -0.3 is 4.57 Å². The molecule has 0 bridgehead atoms. The number of benzene rings is 1. The molecule has 0 atom stereocenters. The van der Waals surface area contributed by atoms with Gasteiger partial charge in [0.25, 0.3) is 5.56 Å². The number of aromatic nitrogens is 3. The van der Waals surface area contributed by atoms with E-state index in [1.807, 2.05) is 26.0 Å². The summed E-state index contributed by atoms with van der Waals surface area (Å²) >= 11 is 0. The van der Waals surface area contributed by atoms with Gasteiger partial charge in [0.15, 0.2) is 5.78 Å². The zero-order valence-electron chi connectivity index (χ0n) is 11.9. The van der Waals surface area contributed by atoms with Crippen molar-refractivity contribution in [2.75, 3.05) is 0 Å². The highest BCUT2D eigenvalue weighted by Gasteiger charge is 2.10. The summed E-state index contributed by atoms with van der Waals surface area (Å²) in [4.78, 5) is 24.5. The van der Waals surface area contributed by atoms with Crippen molar-refractivity contribution in [3.8, 4) is 0 Å². The Morgan fingerprint density at radius 1 is 1.14 bits per heavy atom. The molecule has 5 heteroatoms. The van der Waals surface area contributed by atoms with Crippen LogP contribution in [0.5, 0.6) is 0 Å². The number of hydrogen-bond donors (Lipinski definition) is 0. The van der Waals surface area contributed by atoms with Gasteiger partial charge in [-0.3, -0.25) is 9.59 Å². The van der Waals surface area contributed by atoms with E-state index in [1.165, 1.54) is 9.08 Å². The summed E-state index contributed by atoms with van der Waals surface area (Å²) in [6, 6.07) is 9.06. The summed E-state index contributed by atoms with van der Waals surface area (Å²) in [5.74, 6) is -0.0855. The molecule has 1 aromatic carbocycles. The summed E-state index contributed by atoms with van der Waals surface area (Å²) in [6.07, 6.45) is 3.28. The molecule has 0 fully saturated rings. The van der Waals surface area contributed by atoms with Gasteiger partial charge >= 0.3 is 0 Å². The molecule has 0 aliphatic carbocycles. The second kappa shape index (κ2) is 5.01. The first-order valence-corrected chi connectivity index (χ1v) is 6.70. The Morgan fingerprint density at radius 2 is 1.86 bits per heavy atom. The number of Topliss-reactive ketones (excluding diaryl/α,β-unsaturated/α-hetero) is 1. The lowest BCUT2D eigenvalue weighted by Crippen LogP contribution is -2.25. The Bertz CT molecular complexity index is 873. The number of carbonyl (C=O) groups excluding carboxylic acids is 1. The van der Waals surface area contributed by atoms with Crippen LogP contribution in [0.4, 0.5) is 0 Å². The molecule has 0 unspecified atom stereocenters. The quantitative estimate of drug-likeness (QED) is 0.690. The summed E-state index contributed by atoms with van der Waals surface area (Å²) in [7, 11) is 0. The highest BCUT2D eigenvalue weighted by atomic mass is 16.1. The van der Waals surface area contributed by atoms with Crippen molar-refractivity contribution in [1.82, 2.24) is 14.2 Å². The third-order valence-corrected chi connectivity index (χ3v) is 3.41. The molecule has 2 aromatic heterocycles. The second-order valence-corrected chi connectivity index (χ2v) is 5.14. The van der Waals surface area contributed by atoms with Crippen molar-refractivity contribution in [3.05, 3.63) is 69.9 Å². The Balaban J connectivity index is 1.94. The number of fused-ring (bicyclic) bond motifs is 1. The van der Waals surface area contributed by atoms with Crippen LogP contribution in [0.1, 0.15) is 21.6 Å². The molecule has 3 rings (SSSR count). The largest absolute Gasteiger partial charge is 0.304 e. The average Bonchev–Trinajstić information content (AvgIpc) is 2.84. The van der Waals surface area contributed by atoms with E-state index in [4.69, 9.17) is 0 Å². The summed E-state index contributed by atoms with van der Waals surface area (Å²) < 4.78 is 2.95. The van der Waals surface area contributed by atoms with Gasteiger partial charge in [0.05, 0.1) is 12.2 Å². The minimum atomic E-state index is -0.210. The van der Waals surface area contributed by atoms with Crippen molar-refractivity contribution < 1.29 is 4.79 Å². The minimum Gasteiger partial charge on any atom is -0.304 e. The standard InChI is InChI=1S/C16H15N3O2/c1-11-3-5-13(6-4-11)15(20)10-18-7-8-19-14(16(18)21)9-12(2)17-19/h3-9H,10H2,1-2H3. The highest BCUT2D eigenvalue weighted by Crippen LogP contribution is 2.06. The van der Waals surface area contributed by atoms with E-state index >= 15 is 0 Å². The zero-order valence-corrected chi connectivity index (χ0v) is 11.9.